The third kappa shape index (κ3) is 4.70. The molecule has 0 saturated heterocycles. The lowest BCUT2D eigenvalue weighted by molar-refractivity contribution is -0.149. The molecule has 0 unspecified atom stereocenters. The zero-order chi connectivity index (χ0) is 15.6. The third-order valence-corrected chi connectivity index (χ3v) is 11.8. The summed E-state index contributed by atoms with van der Waals surface area (Å²) in [6.07, 6.45) is 4.35. The summed E-state index contributed by atoms with van der Waals surface area (Å²) >= 11 is 0. The fourth-order valence-electron chi connectivity index (χ4n) is 3.93. The fraction of sp³-hybridized carbons (Fsp3) is 0.933. The van der Waals surface area contributed by atoms with Gasteiger partial charge in [-0.3, -0.25) is 4.79 Å². The van der Waals surface area contributed by atoms with Crippen LogP contribution in [-0.2, 0) is 9.53 Å². The minimum atomic E-state index is -1.29. The van der Waals surface area contributed by atoms with E-state index in [1.165, 1.54) is 0 Å². The second-order valence-electron chi connectivity index (χ2n) is 7.97. The highest BCUT2D eigenvalue weighted by molar-refractivity contribution is 6.89. The molecule has 1 aliphatic carbocycles. The molecule has 1 saturated carbocycles. The van der Waals surface area contributed by atoms with Gasteiger partial charge in [0.15, 0.2) is 0 Å². The molecule has 0 amide bonds. The molecule has 0 atom stereocenters. The van der Waals surface area contributed by atoms with E-state index in [0.29, 0.717) is 12.6 Å². The van der Waals surface area contributed by atoms with Gasteiger partial charge < -0.3 is 8.97 Å². The highest BCUT2D eigenvalue weighted by Gasteiger charge is 2.41. The van der Waals surface area contributed by atoms with Crippen molar-refractivity contribution in [2.45, 2.75) is 77.9 Å². The third-order valence-electron chi connectivity index (χ3n) is 4.13. The Labute approximate surface area is 127 Å². The van der Waals surface area contributed by atoms with Crippen molar-refractivity contribution in [2.75, 3.05) is 6.61 Å². The van der Waals surface area contributed by atoms with E-state index >= 15 is 0 Å². The zero-order valence-corrected chi connectivity index (χ0v) is 16.5. The SMILES string of the molecule is CCOC(=O)C1CCC(N([Si](C)(C)C)[Si](C)(C)C)CC1. The number of nitrogens with zero attached hydrogens (tertiary/aromatic N) is 1. The van der Waals surface area contributed by atoms with E-state index in [0.717, 1.165) is 25.7 Å². The van der Waals surface area contributed by atoms with E-state index in [1.54, 1.807) is 0 Å². The topological polar surface area (TPSA) is 29.5 Å². The highest BCUT2D eigenvalue weighted by Crippen LogP contribution is 2.34. The second-order valence-corrected chi connectivity index (χ2v) is 18.1. The van der Waals surface area contributed by atoms with Crippen LogP contribution in [0.1, 0.15) is 32.6 Å². The average Bonchev–Trinajstić information content (AvgIpc) is 2.26. The number of hydrogen-bond donors (Lipinski definition) is 0. The molecule has 0 aliphatic heterocycles. The molecule has 1 rings (SSSR count). The monoisotopic (exact) mass is 315 g/mol. The minimum Gasteiger partial charge on any atom is -0.466 e. The quantitative estimate of drug-likeness (QED) is 0.565. The first-order valence-electron chi connectivity index (χ1n) is 8.03. The van der Waals surface area contributed by atoms with Crippen LogP contribution in [0.2, 0.25) is 39.3 Å². The van der Waals surface area contributed by atoms with Crippen molar-refractivity contribution in [2.24, 2.45) is 5.92 Å². The van der Waals surface area contributed by atoms with E-state index in [1.807, 2.05) is 6.92 Å². The van der Waals surface area contributed by atoms with Crippen molar-refractivity contribution in [1.29, 1.82) is 0 Å². The molecule has 0 N–H and O–H groups in total. The summed E-state index contributed by atoms with van der Waals surface area (Å²) in [7, 11) is -2.59. The predicted octanol–water partition coefficient (Wildman–Crippen LogP) is 4.08. The van der Waals surface area contributed by atoms with Gasteiger partial charge in [-0.1, -0.05) is 39.3 Å². The van der Waals surface area contributed by atoms with E-state index in [4.69, 9.17) is 4.74 Å². The molecule has 0 spiro atoms. The minimum absolute atomic E-state index is 0.0264. The summed E-state index contributed by atoms with van der Waals surface area (Å²) in [6.45, 7) is 17.2. The lowest BCUT2D eigenvalue weighted by Crippen LogP contribution is -2.63. The van der Waals surface area contributed by atoms with Crippen LogP contribution in [0.15, 0.2) is 0 Å². The first-order chi connectivity index (χ1) is 9.07. The first-order valence-corrected chi connectivity index (χ1v) is 14.9. The highest BCUT2D eigenvalue weighted by atomic mass is 28.4. The summed E-state index contributed by atoms with van der Waals surface area (Å²) in [6, 6.07) is 0.694. The molecule has 0 aromatic carbocycles. The van der Waals surface area contributed by atoms with Gasteiger partial charge in [0.25, 0.3) is 0 Å². The molecule has 1 fully saturated rings. The van der Waals surface area contributed by atoms with Crippen LogP contribution in [0.3, 0.4) is 0 Å². The van der Waals surface area contributed by atoms with Crippen LogP contribution in [0.5, 0.6) is 0 Å². The van der Waals surface area contributed by atoms with Crippen LogP contribution in [0.4, 0.5) is 0 Å². The van der Waals surface area contributed by atoms with Gasteiger partial charge in [0.05, 0.1) is 12.5 Å². The molecule has 20 heavy (non-hydrogen) atoms. The Hall–Kier alpha value is -0.136. The number of ether oxygens (including phenoxy) is 1. The van der Waals surface area contributed by atoms with Crippen molar-refractivity contribution < 1.29 is 9.53 Å². The molecule has 0 heterocycles. The maximum absolute atomic E-state index is 11.8. The molecular formula is C15H33NO2Si2. The molecular weight excluding hydrogens is 282 g/mol. The predicted molar refractivity (Wildman–Crippen MR) is 90.9 cm³/mol. The number of carbonyl (C=O) groups is 1. The van der Waals surface area contributed by atoms with E-state index in [-0.39, 0.29) is 11.9 Å². The summed E-state index contributed by atoms with van der Waals surface area (Å²) in [5.41, 5.74) is 0. The molecule has 118 valence electrons. The Morgan fingerprint density at radius 1 is 1.00 bits per heavy atom. The molecule has 1 aliphatic rings. The van der Waals surface area contributed by atoms with E-state index in [9.17, 15) is 4.79 Å². The second kappa shape index (κ2) is 6.75. The van der Waals surface area contributed by atoms with Crippen LogP contribution in [-0.4, -0.2) is 39.3 Å². The first kappa shape index (κ1) is 17.9. The fourth-order valence-corrected chi connectivity index (χ4v) is 14.7. The van der Waals surface area contributed by atoms with E-state index in [2.05, 4.69) is 43.5 Å². The summed E-state index contributed by atoms with van der Waals surface area (Å²) in [4.78, 5) is 11.8. The van der Waals surface area contributed by atoms with E-state index < -0.39 is 16.5 Å². The lowest BCUT2D eigenvalue weighted by Gasteiger charge is -2.50. The van der Waals surface area contributed by atoms with Gasteiger partial charge in [0.1, 0.15) is 16.5 Å². The largest absolute Gasteiger partial charge is 0.466 e. The number of rotatable bonds is 5. The maximum atomic E-state index is 11.8. The Kier molecular flexibility index (Phi) is 6.05. The smallest absolute Gasteiger partial charge is 0.308 e. The Morgan fingerprint density at radius 2 is 1.45 bits per heavy atom. The molecule has 0 aromatic rings. The van der Waals surface area contributed by atoms with Crippen molar-refractivity contribution in [3.63, 3.8) is 0 Å². The van der Waals surface area contributed by atoms with Gasteiger partial charge in [-0.2, -0.15) is 0 Å². The molecule has 5 heteroatoms. The molecule has 3 nitrogen and oxygen atoms in total. The van der Waals surface area contributed by atoms with Crippen molar-refractivity contribution in [1.82, 2.24) is 4.23 Å². The van der Waals surface area contributed by atoms with Crippen molar-refractivity contribution >= 4 is 22.4 Å². The summed E-state index contributed by atoms with van der Waals surface area (Å²) < 4.78 is 8.08. The Morgan fingerprint density at radius 3 is 1.80 bits per heavy atom. The van der Waals surface area contributed by atoms with Crippen LogP contribution in [0, 0.1) is 5.92 Å². The Balaban J connectivity index is 2.69. The normalized spacial score (nSPS) is 24.8. The van der Waals surface area contributed by atoms with Gasteiger partial charge in [-0.15, -0.1) is 0 Å². The molecule has 0 aromatic heterocycles. The summed E-state index contributed by atoms with van der Waals surface area (Å²) in [5.74, 6) is 0.176. The van der Waals surface area contributed by atoms with Crippen LogP contribution >= 0.6 is 0 Å². The van der Waals surface area contributed by atoms with Gasteiger partial charge in [-0.05, 0) is 38.6 Å². The van der Waals surface area contributed by atoms with Crippen molar-refractivity contribution in [3.8, 4) is 0 Å². The standard InChI is InChI=1S/C15H33NO2Si2/c1-8-18-15(17)13-9-11-14(12-10-13)16(19(2,3)4)20(5,6)7/h13-14H,8-12H2,1-7H3. The van der Waals surface area contributed by atoms with Gasteiger partial charge in [0, 0.05) is 0 Å². The molecule has 0 bridgehead atoms. The lowest BCUT2D eigenvalue weighted by atomic mass is 9.86. The van der Waals surface area contributed by atoms with Crippen LogP contribution < -0.4 is 0 Å². The van der Waals surface area contributed by atoms with Gasteiger partial charge in [0.2, 0.25) is 0 Å². The number of hydrogen-bond acceptors (Lipinski definition) is 3. The summed E-state index contributed by atoms with van der Waals surface area (Å²) in [5, 5.41) is 0. The van der Waals surface area contributed by atoms with Crippen molar-refractivity contribution in [3.05, 3.63) is 0 Å². The average molecular weight is 316 g/mol. The zero-order valence-electron chi connectivity index (χ0n) is 14.5. The van der Waals surface area contributed by atoms with Crippen LogP contribution in [0.25, 0.3) is 0 Å². The number of carbonyl (C=O) groups excluding carboxylic acids is 1. The number of esters is 1. The van der Waals surface area contributed by atoms with Gasteiger partial charge in [-0.25, -0.2) is 0 Å². The maximum Gasteiger partial charge on any atom is 0.308 e. The van der Waals surface area contributed by atoms with Gasteiger partial charge >= 0.3 is 5.97 Å². The molecule has 0 radical (unpaired) electrons. The Bertz CT molecular complexity index is 312.